The van der Waals surface area contributed by atoms with E-state index in [4.69, 9.17) is 4.74 Å². The third-order valence-electron chi connectivity index (χ3n) is 2.09. The summed E-state index contributed by atoms with van der Waals surface area (Å²) >= 11 is 0. The third kappa shape index (κ3) is 5.05. The van der Waals surface area contributed by atoms with Crippen LogP contribution in [0.15, 0.2) is 24.3 Å². The van der Waals surface area contributed by atoms with Crippen LogP contribution in [0.3, 0.4) is 0 Å². The Morgan fingerprint density at radius 1 is 1.44 bits per heavy atom. The van der Waals surface area contributed by atoms with Gasteiger partial charge < -0.3 is 20.3 Å². The van der Waals surface area contributed by atoms with Gasteiger partial charge in [-0.25, -0.2) is 4.79 Å². The number of ether oxygens (including phenoxy) is 1. The number of aromatic hydroxyl groups is 1. The van der Waals surface area contributed by atoms with Crippen molar-refractivity contribution in [2.24, 2.45) is 0 Å². The van der Waals surface area contributed by atoms with Gasteiger partial charge in [0.25, 0.3) is 0 Å². The zero-order valence-corrected chi connectivity index (χ0v) is 10.8. The SMILES string of the molecule is CC(C)(C)OC(=O)NC[C@H](O)c1cccc(O)c1. The maximum atomic E-state index is 11.4. The number of phenolic OH excluding ortho intramolecular Hbond substituents is 1. The summed E-state index contributed by atoms with van der Waals surface area (Å²) < 4.78 is 5.04. The highest BCUT2D eigenvalue weighted by Gasteiger charge is 2.17. The van der Waals surface area contributed by atoms with E-state index in [-0.39, 0.29) is 12.3 Å². The molecule has 0 heterocycles. The molecule has 0 fully saturated rings. The summed E-state index contributed by atoms with van der Waals surface area (Å²) in [4.78, 5) is 11.4. The molecule has 5 heteroatoms. The Hall–Kier alpha value is -1.75. The fraction of sp³-hybridized carbons (Fsp3) is 0.462. The van der Waals surface area contributed by atoms with Gasteiger partial charge in [-0.1, -0.05) is 12.1 Å². The van der Waals surface area contributed by atoms with E-state index in [1.165, 1.54) is 12.1 Å². The Kier molecular flexibility index (Phi) is 4.55. The van der Waals surface area contributed by atoms with Crippen LogP contribution in [0, 0.1) is 0 Å². The highest BCUT2D eigenvalue weighted by Crippen LogP contribution is 2.17. The summed E-state index contributed by atoms with van der Waals surface area (Å²) in [5.41, 5.74) is -0.0360. The van der Waals surface area contributed by atoms with Gasteiger partial charge >= 0.3 is 6.09 Å². The van der Waals surface area contributed by atoms with Crippen molar-refractivity contribution < 1.29 is 19.7 Å². The summed E-state index contributed by atoms with van der Waals surface area (Å²) in [5.74, 6) is 0.0730. The van der Waals surface area contributed by atoms with Gasteiger partial charge in [0, 0.05) is 0 Å². The maximum absolute atomic E-state index is 11.4. The van der Waals surface area contributed by atoms with Crippen LogP contribution in [0.1, 0.15) is 32.4 Å². The molecule has 0 aliphatic rings. The van der Waals surface area contributed by atoms with Crippen molar-refractivity contribution in [3.63, 3.8) is 0 Å². The number of nitrogens with one attached hydrogen (secondary N) is 1. The van der Waals surface area contributed by atoms with Crippen molar-refractivity contribution in [2.45, 2.75) is 32.5 Å². The number of rotatable bonds is 3. The van der Waals surface area contributed by atoms with Gasteiger partial charge in [-0.15, -0.1) is 0 Å². The van der Waals surface area contributed by atoms with Crippen molar-refractivity contribution in [3.05, 3.63) is 29.8 Å². The number of aliphatic hydroxyl groups is 1. The van der Waals surface area contributed by atoms with Crippen molar-refractivity contribution in [1.29, 1.82) is 0 Å². The van der Waals surface area contributed by atoms with E-state index in [0.29, 0.717) is 5.56 Å². The smallest absolute Gasteiger partial charge is 0.407 e. The van der Waals surface area contributed by atoms with Gasteiger partial charge in [0.2, 0.25) is 0 Å². The molecule has 0 aromatic heterocycles. The Balaban J connectivity index is 2.46. The normalized spacial score (nSPS) is 12.9. The first-order chi connectivity index (χ1) is 8.28. The van der Waals surface area contributed by atoms with Gasteiger partial charge in [-0.3, -0.25) is 0 Å². The highest BCUT2D eigenvalue weighted by molar-refractivity contribution is 5.67. The molecule has 0 spiro atoms. The molecule has 1 aromatic rings. The summed E-state index contributed by atoms with van der Waals surface area (Å²) in [5, 5.41) is 21.5. The highest BCUT2D eigenvalue weighted by atomic mass is 16.6. The summed E-state index contributed by atoms with van der Waals surface area (Å²) in [7, 11) is 0. The molecule has 0 saturated carbocycles. The zero-order valence-electron chi connectivity index (χ0n) is 10.8. The number of phenols is 1. The molecule has 0 aliphatic heterocycles. The Labute approximate surface area is 106 Å². The second-order valence-electron chi connectivity index (χ2n) is 4.99. The number of amides is 1. The van der Waals surface area contributed by atoms with E-state index in [1.54, 1.807) is 32.9 Å². The van der Waals surface area contributed by atoms with Gasteiger partial charge in [0.15, 0.2) is 0 Å². The van der Waals surface area contributed by atoms with Crippen LogP contribution >= 0.6 is 0 Å². The Morgan fingerprint density at radius 2 is 2.11 bits per heavy atom. The quantitative estimate of drug-likeness (QED) is 0.769. The van der Waals surface area contributed by atoms with E-state index in [0.717, 1.165) is 0 Å². The molecule has 5 nitrogen and oxygen atoms in total. The maximum Gasteiger partial charge on any atom is 0.407 e. The number of benzene rings is 1. The number of hydrogen-bond donors (Lipinski definition) is 3. The molecule has 0 bridgehead atoms. The van der Waals surface area contributed by atoms with E-state index in [1.807, 2.05) is 0 Å². The Bertz CT molecular complexity index is 412. The molecule has 1 amide bonds. The molecule has 1 atom stereocenters. The lowest BCUT2D eigenvalue weighted by atomic mass is 10.1. The Morgan fingerprint density at radius 3 is 2.67 bits per heavy atom. The first kappa shape index (κ1) is 14.3. The minimum absolute atomic E-state index is 0.0262. The van der Waals surface area contributed by atoms with Gasteiger partial charge in [0.1, 0.15) is 11.4 Å². The fourth-order valence-electron chi connectivity index (χ4n) is 1.34. The predicted molar refractivity (Wildman–Crippen MR) is 67.3 cm³/mol. The van der Waals surface area contributed by atoms with Crippen LogP contribution < -0.4 is 5.32 Å². The molecule has 0 aliphatic carbocycles. The predicted octanol–water partition coefficient (Wildman–Crippen LogP) is 1.95. The average Bonchev–Trinajstić information content (AvgIpc) is 2.23. The molecule has 0 radical (unpaired) electrons. The second kappa shape index (κ2) is 5.73. The van der Waals surface area contributed by atoms with Crippen LogP contribution in [-0.2, 0) is 4.74 Å². The first-order valence-corrected chi connectivity index (χ1v) is 5.72. The molecule has 18 heavy (non-hydrogen) atoms. The number of carbonyl (C=O) groups excluding carboxylic acids is 1. The average molecular weight is 253 g/mol. The lowest BCUT2D eigenvalue weighted by Crippen LogP contribution is -2.34. The molecular formula is C13H19NO4. The van der Waals surface area contributed by atoms with Crippen LogP contribution in [0.2, 0.25) is 0 Å². The minimum Gasteiger partial charge on any atom is -0.508 e. The van der Waals surface area contributed by atoms with Crippen molar-refractivity contribution >= 4 is 6.09 Å². The van der Waals surface area contributed by atoms with Crippen LogP contribution in [0.25, 0.3) is 0 Å². The van der Waals surface area contributed by atoms with E-state index >= 15 is 0 Å². The first-order valence-electron chi connectivity index (χ1n) is 5.72. The van der Waals surface area contributed by atoms with Crippen molar-refractivity contribution in [2.75, 3.05) is 6.54 Å². The van der Waals surface area contributed by atoms with Crippen LogP contribution in [0.4, 0.5) is 4.79 Å². The third-order valence-corrected chi connectivity index (χ3v) is 2.09. The van der Waals surface area contributed by atoms with Crippen LogP contribution in [-0.4, -0.2) is 28.5 Å². The largest absolute Gasteiger partial charge is 0.508 e. The van der Waals surface area contributed by atoms with E-state index in [2.05, 4.69) is 5.32 Å². The number of hydrogen-bond acceptors (Lipinski definition) is 4. The molecule has 3 N–H and O–H groups in total. The van der Waals surface area contributed by atoms with Gasteiger partial charge in [-0.2, -0.15) is 0 Å². The number of carbonyl (C=O) groups is 1. The molecule has 100 valence electrons. The second-order valence-corrected chi connectivity index (χ2v) is 4.99. The summed E-state index contributed by atoms with van der Waals surface area (Å²) in [6.45, 7) is 5.31. The van der Waals surface area contributed by atoms with E-state index in [9.17, 15) is 15.0 Å². The van der Waals surface area contributed by atoms with Crippen molar-refractivity contribution in [3.8, 4) is 5.75 Å². The fourth-order valence-corrected chi connectivity index (χ4v) is 1.34. The van der Waals surface area contributed by atoms with Gasteiger partial charge in [-0.05, 0) is 38.5 Å². The van der Waals surface area contributed by atoms with E-state index < -0.39 is 17.8 Å². The lowest BCUT2D eigenvalue weighted by molar-refractivity contribution is 0.0492. The topological polar surface area (TPSA) is 78.8 Å². The standard InChI is InChI=1S/C13H19NO4/c1-13(2,3)18-12(17)14-8-11(16)9-5-4-6-10(15)7-9/h4-7,11,15-16H,8H2,1-3H3,(H,14,17)/t11-/m0/s1. The number of alkyl carbamates (subject to hydrolysis) is 1. The number of aliphatic hydroxyl groups excluding tert-OH is 1. The van der Waals surface area contributed by atoms with Crippen LogP contribution in [0.5, 0.6) is 5.75 Å². The van der Waals surface area contributed by atoms with Crippen molar-refractivity contribution in [1.82, 2.24) is 5.32 Å². The lowest BCUT2D eigenvalue weighted by Gasteiger charge is -2.20. The molecular weight excluding hydrogens is 234 g/mol. The molecule has 1 aromatic carbocycles. The monoisotopic (exact) mass is 253 g/mol. The molecule has 1 rings (SSSR count). The summed E-state index contributed by atoms with van der Waals surface area (Å²) in [6.07, 6.45) is -1.47. The molecule has 0 unspecified atom stereocenters. The minimum atomic E-state index is -0.885. The zero-order chi connectivity index (χ0) is 13.8. The molecule has 0 saturated heterocycles. The van der Waals surface area contributed by atoms with Gasteiger partial charge in [0.05, 0.1) is 12.6 Å². The summed E-state index contributed by atoms with van der Waals surface area (Å²) in [6, 6.07) is 6.25.